The van der Waals surface area contributed by atoms with Gasteiger partial charge < -0.3 is 10.4 Å². The highest BCUT2D eigenvalue weighted by Gasteiger charge is 2.14. The number of fused-ring (bicyclic) bond motifs is 1. The van der Waals surface area contributed by atoms with E-state index in [1.54, 1.807) is 13.1 Å². The molecule has 2 N–H and O–H groups in total. The van der Waals surface area contributed by atoms with Crippen LogP contribution in [0.5, 0.6) is 0 Å². The summed E-state index contributed by atoms with van der Waals surface area (Å²) in [5.74, 6) is -0.951. The number of hydrogen-bond donors (Lipinski definition) is 2. The number of anilines is 2. The second-order valence-electron chi connectivity index (χ2n) is 4.24. The van der Waals surface area contributed by atoms with Crippen molar-refractivity contribution >= 4 is 39.0 Å². The SMILES string of the molecule is Cc1nc(Nc2cccc3ncccc23)sc1C(=O)O. The van der Waals surface area contributed by atoms with E-state index in [0.29, 0.717) is 10.8 Å². The number of aryl methyl sites for hydroxylation is 1. The normalized spacial score (nSPS) is 10.7. The molecule has 3 aromatic rings. The van der Waals surface area contributed by atoms with Crippen LogP contribution in [0.1, 0.15) is 15.4 Å². The molecule has 0 radical (unpaired) electrons. The highest BCUT2D eigenvalue weighted by atomic mass is 32.1. The minimum atomic E-state index is -0.951. The summed E-state index contributed by atoms with van der Waals surface area (Å²) in [6.45, 7) is 1.69. The second kappa shape index (κ2) is 4.90. The van der Waals surface area contributed by atoms with Gasteiger partial charge in [-0.15, -0.1) is 0 Å². The van der Waals surface area contributed by atoms with E-state index in [1.807, 2.05) is 30.3 Å². The molecule has 0 unspecified atom stereocenters. The summed E-state index contributed by atoms with van der Waals surface area (Å²) in [5.41, 5.74) is 2.26. The van der Waals surface area contributed by atoms with E-state index in [2.05, 4.69) is 15.3 Å². The monoisotopic (exact) mass is 285 g/mol. The van der Waals surface area contributed by atoms with Crippen molar-refractivity contribution in [3.05, 3.63) is 47.1 Å². The maximum atomic E-state index is 11.0. The number of aromatic carboxylic acids is 1. The Hall–Kier alpha value is -2.47. The number of nitrogens with one attached hydrogen (secondary N) is 1. The van der Waals surface area contributed by atoms with Crippen molar-refractivity contribution in [3.63, 3.8) is 0 Å². The largest absolute Gasteiger partial charge is 0.477 e. The van der Waals surface area contributed by atoms with E-state index in [4.69, 9.17) is 5.11 Å². The van der Waals surface area contributed by atoms with Gasteiger partial charge in [-0.3, -0.25) is 4.98 Å². The van der Waals surface area contributed by atoms with Gasteiger partial charge in [0.05, 0.1) is 11.2 Å². The molecule has 2 heterocycles. The first-order chi connectivity index (χ1) is 9.65. The van der Waals surface area contributed by atoms with E-state index in [9.17, 15) is 4.79 Å². The quantitative estimate of drug-likeness (QED) is 0.771. The molecule has 2 aromatic heterocycles. The van der Waals surface area contributed by atoms with Crippen LogP contribution >= 0.6 is 11.3 Å². The number of rotatable bonds is 3. The number of carboxylic acids is 1. The number of carbonyl (C=O) groups is 1. The average Bonchev–Trinajstić information content (AvgIpc) is 2.80. The van der Waals surface area contributed by atoms with Crippen molar-refractivity contribution in [2.45, 2.75) is 6.92 Å². The summed E-state index contributed by atoms with van der Waals surface area (Å²) in [7, 11) is 0. The van der Waals surface area contributed by atoms with Crippen molar-refractivity contribution in [1.82, 2.24) is 9.97 Å². The fraction of sp³-hybridized carbons (Fsp3) is 0.0714. The molecule has 0 amide bonds. The Morgan fingerprint density at radius 1 is 1.30 bits per heavy atom. The third-order valence-corrected chi connectivity index (χ3v) is 3.94. The first-order valence-corrected chi connectivity index (χ1v) is 6.78. The topological polar surface area (TPSA) is 75.1 Å². The third-order valence-electron chi connectivity index (χ3n) is 2.88. The zero-order chi connectivity index (χ0) is 14.1. The van der Waals surface area contributed by atoms with Gasteiger partial charge in [-0.25, -0.2) is 9.78 Å². The number of aromatic nitrogens is 2. The lowest BCUT2D eigenvalue weighted by Gasteiger charge is -2.06. The van der Waals surface area contributed by atoms with Crippen molar-refractivity contribution < 1.29 is 9.90 Å². The molecule has 5 nitrogen and oxygen atoms in total. The molecule has 0 atom stereocenters. The van der Waals surface area contributed by atoms with Crippen LogP contribution in [0.3, 0.4) is 0 Å². The molecule has 0 fully saturated rings. The number of hydrogen-bond acceptors (Lipinski definition) is 5. The fourth-order valence-electron chi connectivity index (χ4n) is 1.98. The smallest absolute Gasteiger partial charge is 0.347 e. The lowest BCUT2D eigenvalue weighted by Crippen LogP contribution is -1.94. The molecular weight excluding hydrogens is 274 g/mol. The predicted octanol–water partition coefficient (Wildman–Crippen LogP) is 3.44. The molecule has 3 rings (SSSR count). The highest BCUT2D eigenvalue weighted by Crippen LogP contribution is 2.29. The zero-order valence-corrected chi connectivity index (χ0v) is 11.4. The van der Waals surface area contributed by atoms with Crippen LogP contribution in [0.2, 0.25) is 0 Å². The van der Waals surface area contributed by atoms with Gasteiger partial charge in [0.15, 0.2) is 5.13 Å². The van der Waals surface area contributed by atoms with Gasteiger partial charge in [0.1, 0.15) is 4.88 Å². The van der Waals surface area contributed by atoms with Crippen LogP contribution in [0.25, 0.3) is 10.9 Å². The lowest BCUT2D eigenvalue weighted by molar-refractivity contribution is 0.0701. The van der Waals surface area contributed by atoms with Gasteiger partial charge in [-0.2, -0.15) is 0 Å². The molecule has 6 heteroatoms. The lowest BCUT2D eigenvalue weighted by atomic mass is 10.2. The van der Waals surface area contributed by atoms with Crippen LogP contribution in [-0.2, 0) is 0 Å². The summed E-state index contributed by atoms with van der Waals surface area (Å²) in [5, 5.41) is 13.8. The summed E-state index contributed by atoms with van der Waals surface area (Å²) in [6.07, 6.45) is 1.74. The molecule has 0 saturated heterocycles. The Kier molecular flexibility index (Phi) is 3.08. The van der Waals surface area contributed by atoms with Crippen molar-refractivity contribution in [2.75, 3.05) is 5.32 Å². The number of carboxylic acid groups (broad SMARTS) is 1. The van der Waals surface area contributed by atoms with Gasteiger partial charge in [0.25, 0.3) is 0 Å². The summed E-state index contributed by atoms with van der Waals surface area (Å²) in [4.78, 5) is 19.8. The van der Waals surface area contributed by atoms with E-state index in [0.717, 1.165) is 27.9 Å². The molecule has 1 aromatic carbocycles. The molecule has 20 heavy (non-hydrogen) atoms. The Morgan fingerprint density at radius 3 is 2.90 bits per heavy atom. The third kappa shape index (κ3) is 2.21. The summed E-state index contributed by atoms with van der Waals surface area (Å²) < 4.78 is 0. The van der Waals surface area contributed by atoms with Crippen LogP contribution in [0.4, 0.5) is 10.8 Å². The van der Waals surface area contributed by atoms with Gasteiger partial charge in [0, 0.05) is 17.3 Å². The molecule has 100 valence electrons. The van der Waals surface area contributed by atoms with Crippen molar-refractivity contribution in [1.29, 1.82) is 0 Å². The van der Waals surface area contributed by atoms with Crippen molar-refractivity contribution in [3.8, 4) is 0 Å². The van der Waals surface area contributed by atoms with Gasteiger partial charge in [-0.1, -0.05) is 17.4 Å². The zero-order valence-electron chi connectivity index (χ0n) is 10.6. The molecule has 0 aliphatic heterocycles. The minimum absolute atomic E-state index is 0.255. The van der Waals surface area contributed by atoms with E-state index in [-0.39, 0.29) is 4.88 Å². The van der Waals surface area contributed by atoms with E-state index >= 15 is 0 Å². The Bertz CT molecular complexity index is 793. The van der Waals surface area contributed by atoms with Crippen LogP contribution in [0, 0.1) is 6.92 Å². The molecule has 0 aliphatic rings. The predicted molar refractivity (Wildman–Crippen MR) is 78.8 cm³/mol. The number of thiazole rings is 1. The maximum Gasteiger partial charge on any atom is 0.347 e. The summed E-state index contributed by atoms with van der Waals surface area (Å²) >= 11 is 1.13. The number of pyridine rings is 1. The maximum absolute atomic E-state index is 11.0. The van der Waals surface area contributed by atoms with Crippen LogP contribution < -0.4 is 5.32 Å². The van der Waals surface area contributed by atoms with Gasteiger partial charge >= 0.3 is 5.97 Å². The van der Waals surface area contributed by atoms with Crippen LogP contribution in [-0.4, -0.2) is 21.0 Å². The summed E-state index contributed by atoms with van der Waals surface area (Å²) in [6, 6.07) is 9.57. The second-order valence-corrected chi connectivity index (χ2v) is 5.24. The van der Waals surface area contributed by atoms with Gasteiger partial charge in [-0.05, 0) is 31.2 Å². The van der Waals surface area contributed by atoms with E-state index < -0.39 is 5.97 Å². The molecule has 0 aliphatic carbocycles. The van der Waals surface area contributed by atoms with Gasteiger partial charge in [0.2, 0.25) is 0 Å². The molecule has 0 saturated carbocycles. The van der Waals surface area contributed by atoms with Crippen LogP contribution in [0.15, 0.2) is 36.5 Å². The molecular formula is C14H11N3O2S. The Labute approximate surface area is 118 Å². The first-order valence-electron chi connectivity index (χ1n) is 5.96. The first kappa shape index (κ1) is 12.6. The average molecular weight is 285 g/mol. The Balaban J connectivity index is 2.01. The Morgan fingerprint density at radius 2 is 2.15 bits per heavy atom. The highest BCUT2D eigenvalue weighted by molar-refractivity contribution is 7.17. The minimum Gasteiger partial charge on any atom is -0.477 e. The standard InChI is InChI=1S/C14H11N3O2S/c1-8-12(13(18)19)20-14(16-8)17-11-6-2-5-10-9(11)4-3-7-15-10/h2-7H,1H3,(H,16,17)(H,18,19). The molecule has 0 bridgehead atoms. The number of benzene rings is 1. The number of nitrogens with zero attached hydrogens (tertiary/aromatic N) is 2. The molecule has 0 spiro atoms. The fourth-order valence-corrected chi connectivity index (χ4v) is 2.79. The van der Waals surface area contributed by atoms with E-state index in [1.165, 1.54) is 0 Å². The van der Waals surface area contributed by atoms with Crippen molar-refractivity contribution in [2.24, 2.45) is 0 Å².